The summed E-state index contributed by atoms with van der Waals surface area (Å²) in [4.78, 5) is 0.242. The smallest absolute Gasteiger partial charge is 0.179 e. The summed E-state index contributed by atoms with van der Waals surface area (Å²) in [6, 6.07) is 5.49. The van der Waals surface area contributed by atoms with Gasteiger partial charge in [-0.25, -0.2) is 8.42 Å². The van der Waals surface area contributed by atoms with Crippen molar-refractivity contribution in [3.8, 4) is 5.75 Å². The van der Waals surface area contributed by atoms with Crippen LogP contribution in [0.3, 0.4) is 0 Å². The molecule has 0 bridgehead atoms. The first kappa shape index (κ1) is 16.3. The van der Waals surface area contributed by atoms with Crippen LogP contribution in [-0.2, 0) is 9.84 Å². The van der Waals surface area contributed by atoms with Crippen molar-refractivity contribution >= 4 is 9.84 Å². The van der Waals surface area contributed by atoms with E-state index in [4.69, 9.17) is 4.74 Å². The van der Waals surface area contributed by atoms with Crippen LogP contribution in [0.2, 0.25) is 0 Å². The Morgan fingerprint density at radius 3 is 2.29 bits per heavy atom. The molecule has 5 heteroatoms. The molecule has 1 aliphatic rings. The summed E-state index contributed by atoms with van der Waals surface area (Å²) in [5.74, 6) is 1.01. The van der Waals surface area contributed by atoms with E-state index in [1.165, 1.54) is 26.2 Å². The number of rotatable bonds is 6. The summed E-state index contributed by atoms with van der Waals surface area (Å²) in [5, 5.41) is 3.69. The van der Waals surface area contributed by atoms with E-state index >= 15 is 0 Å². The molecule has 4 nitrogen and oxygen atoms in total. The van der Waals surface area contributed by atoms with Crippen LogP contribution in [-0.4, -0.2) is 27.3 Å². The van der Waals surface area contributed by atoms with Crippen molar-refractivity contribution in [3.63, 3.8) is 0 Å². The van der Waals surface area contributed by atoms with E-state index in [0.717, 1.165) is 5.56 Å². The Hall–Kier alpha value is -1.07. The van der Waals surface area contributed by atoms with E-state index < -0.39 is 9.84 Å². The molecule has 118 valence electrons. The number of ether oxygens (including phenoxy) is 1. The summed E-state index contributed by atoms with van der Waals surface area (Å²) < 4.78 is 28.7. The second kappa shape index (κ2) is 5.61. The molecule has 1 aromatic rings. The van der Waals surface area contributed by atoms with Gasteiger partial charge in [-0.1, -0.05) is 19.9 Å². The minimum absolute atomic E-state index is 0.164. The molecular formula is C16H25NO3S. The number of benzene rings is 1. The molecule has 0 radical (unpaired) electrons. The third-order valence-electron chi connectivity index (χ3n) is 4.48. The van der Waals surface area contributed by atoms with Crippen molar-refractivity contribution in [2.24, 2.45) is 5.92 Å². The van der Waals surface area contributed by atoms with Crippen LogP contribution in [0.1, 0.15) is 45.2 Å². The molecule has 1 aromatic carbocycles. The van der Waals surface area contributed by atoms with Gasteiger partial charge in [0.1, 0.15) is 10.6 Å². The second-order valence-corrected chi connectivity index (χ2v) is 8.34. The van der Waals surface area contributed by atoms with E-state index in [2.05, 4.69) is 26.1 Å². The molecule has 0 amide bonds. The maximum Gasteiger partial charge on any atom is 0.179 e. The van der Waals surface area contributed by atoms with E-state index in [1.54, 1.807) is 6.07 Å². The Kier molecular flexibility index (Phi) is 4.36. The van der Waals surface area contributed by atoms with Crippen molar-refractivity contribution in [1.82, 2.24) is 5.32 Å². The number of methoxy groups -OCH3 is 1. The van der Waals surface area contributed by atoms with Crippen molar-refractivity contribution in [1.29, 1.82) is 0 Å². The SMILES string of the molecule is COc1cc(C(C)NC2(C(C)C)CC2)ccc1S(C)(=O)=O. The largest absolute Gasteiger partial charge is 0.495 e. The molecule has 1 saturated carbocycles. The highest BCUT2D eigenvalue weighted by Gasteiger charge is 2.45. The van der Waals surface area contributed by atoms with E-state index in [0.29, 0.717) is 11.7 Å². The Balaban J connectivity index is 2.25. The Labute approximate surface area is 127 Å². The summed E-state index contributed by atoms with van der Waals surface area (Å²) in [7, 11) is -1.77. The number of hydrogen-bond acceptors (Lipinski definition) is 4. The van der Waals surface area contributed by atoms with Crippen LogP contribution in [0.5, 0.6) is 5.75 Å². The lowest BCUT2D eigenvalue weighted by molar-refractivity contribution is 0.343. The fourth-order valence-electron chi connectivity index (χ4n) is 2.80. The lowest BCUT2D eigenvalue weighted by Gasteiger charge is -2.27. The van der Waals surface area contributed by atoms with Gasteiger partial charge in [0.05, 0.1) is 7.11 Å². The van der Waals surface area contributed by atoms with Crippen LogP contribution >= 0.6 is 0 Å². The molecule has 21 heavy (non-hydrogen) atoms. The monoisotopic (exact) mass is 311 g/mol. The normalized spacial score (nSPS) is 18.6. The predicted molar refractivity (Wildman–Crippen MR) is 84.5 cm³/mol. The maximum absolute atomic E-state index is 11.7. The van der Waals surface area contributed by atoms with Gasteiger partial charge in [0.25, 0.3) is 0 Å². The van der Waals surface area contributed by atoms with Crippen LogP contribution in [0.25, 0.3) is 0 Å². The van der Waals surface area contributed by atoms with Gasteiger partial charge in [0, 0.05) is 17.8 Å². The van der Waals surface area contributed by atoms with Gasteiger partial charge in [-0.2, -0.15) is 0 Å². The van der Waals surface area contributed by atoms with Crippen LogP contribution in [0.15, 0.2) is 23.1 Å². The van der Waals surface area contributed by atoms with E-state index in [9.17, 15) is 8.42 Å². The van der Waals surface area contributed by atoms with Crippen molar-refractivity contribution in [3.05, 3.63) is 23.8 Å². The molecule has 1 N–H and O–H groups in total. The molecule has 1 unspecified atom stereocenters. The molecule has 1 atom stereocenters. The molecule has 2 rings (SSSR count). The topological polar surface area (TPSA) is 55.4 Å². The highest BCUT2D eigenvalue weighted by Crippen LogP contribution is 2.44. The molecule has 1 fully saturated rings. The lowest BCUT2D eigenvalue weighted by Crippen LogP contribution is -2.38. The van der Waals surface area contributed by atoms with Gasteiger partial charge in [-0.15, -0.1) is 0 Å². The highest BCUT2D eigenvalue weighted by molar-refractivity contribution is 7.90. The van der Waals surface area contributed by atoms with E-state index in [1.807, 2.05) is 12.1 Å². The fourth-order valence-corrected chi connectivity index (χ4v) is 3.62. The Morgan fingerprint density at radius 2 is 1.86 bits per heavy atom. The lowest BCUT2D eigenvalue weighted by atomic mass is 9.99. The summed E-state index contributed by atoms with van der Waals surface area (Å²) in [6.45, 7) is 6.58. The maximum atomic E-state index is 11.7. The molecule has 0 heterocycles. The van der Waals surface area contributed by atoms with Gasteiger partial charge in [-0.3, -0.25) is 0 Å². The van der Waals surface area contributed by atoms with Gasteiger partial charge in [0.2, 0.25) is 0 Å². The first-order valence-corrected chi connectivity index (χ1v) is 9.24. The van der Waals surface area contributed by atoms with Gasteiger partial charge in [0.15, 0.2) is 9.84 Å². The number of hydrogen-bond donors (Lipinski definition) is 1. The van der Waals surface area contributed by atoms with Gasteiger partial charge >= 0.3 is 0 Å². The third-order valence-corrected chi connectivity index (χ3v) is 5.62. The van der Waals surface area contributed by atoms with Gasteiger partial charge in [-0.05, 0) is 43.4 Å². The van der Waals surface area contributed by atoms with Crippen molar-refractivity contribution in [2.75, 3.05) is 13.4 Å². The third kappa shape index (κ3) is 3.40. The fraction of sp³-hybridized carbons (Fsp3) is 0.625. The molecule has 1 aliphatic carbocycles. The number of nitrogens with one attached hydrogen (secondary N) is 1. The zero-order chi connectivity index (χ0) is 15.8. The van der Waals surface area contributed by atoms with Gasteiger partial charge < -0.3 is 10.1 Å². The minimum atomic E-state index is -3.27. The van der Waals surface area contributed by atoms with Crippen LogP contribution in [0, 0.1) is 5.92 Å². The standard InChI is InChI=1S/C16H25NO3S/c1-11(2)16(8-9-16)17-12(3)13-6-7-15(21(5,18)19)14(10-13)20-4/h6-7,10-12,17H,8-9H2,1-5H3. The molecule has 0 aliphatic heterocycles. The minimum Gasteiger partial charge on any atom is -0.495 e. The molecular weight excluding hydrogens is 286 g/mol. The zero-order valence-electron chi connectivity index (χ0n) is 13.4. The quantitative estimate of drug-likeness (QED) is 0.877. The summed E-state index contributed by atoms with van der Waals surface area (Å²) >= 11 is 0. The summed E-state index contributed by atoms with van der Waals surface area (Å²) in [6.07, 6.45) is 3.60. The average Bonchev–Trinajstić information content (AvgIpc) is 3.17. The van der Waals surface area contributed by atoms with Crippen LogP contribution < -0.4 is 10.1 Å². The zero-order valence-corrected chi connectivity index (χ0v) is 14.3. The highest BCUT2D eigenvalue weighted by atomic mass is 32.2. The second-order valence-electron chi connectivity index (χ2n) is 6.36. The van der Waals surface area contributed by atoms with E-state index in [-0.39, 0.29) is 16.5 Å². The van der Waals surface area contributed by atoms with Crippen molar-refractivity contribution < 1.29 is 13.2 Å². The van der Waals surface area contributed by atoms with Crippen molar-refractivity contribution in [2.45, 2.75) is 50.1 Å². The Morgan fingerprint density at radius 1 is 1.24 bits per heavy atom. The van der Waals surface area contributed by atoms with Crippen LogP contribution in [0.4, 0.5) is 0 Å². The average molecular weight is 311 g/mol. The first-order chi connectivity index (χ1) is 9.69. The Bertz CT molecular complexity index is 618. The summed E-state index contributed by atoms with van der Waals surface area (Å²) in [5.41, 5.74) is 1.29. The number of sulfone groups is 1. The predicted octanol–water partition coefficient (Wildman–Crippen LogP) is 2.94. The molecule has 0 spiro atoms. The molecule has 0 aromatic heterocycles. The molecule has 0 saturated heterocycles. The first-order valence-electron chi connectivity index (χ1n) is 7.35.